The van der Waals surface area contributed by atoms with Gasteiger partial charge in [0.2, 0.25) is 0 Å². The molecule has 0 radical (unpaired) electrons. The van der Waals surface area contributed by atoms with E-state index in [2.05, 4.69) is 29.3 Å². The molecule has 1 aliphatic rings. The van der Waals surface area contributed by atoms with Gasteiger partial charge in [-0.05, 0) is 49.6 Å². The van der Waals surface area contributed by atoms with E-state index in [9.17, 15) is 4.79 Å². The van der Waals surface area contributed by atoms with Gasteiger partial charge < -0.3 is 14.2 Å². The van der Waals surface area contributed by atoms with Crippen LogP contribution in [0.3, 0.4) is 0 Å². The summed E-state index contributed by atoms with van der Waals surface area (Å²) in [5, 5.41) is 2.97. The average molecular weight is 316 g/mol. The van der Waals surface area contributed by atoms with Crippen LogP contribution in [0.4, 0.5) is 0 Å². The van der Waals surface area contributed by atoms with Crippen LogP contribution in [0.15, 0.2) is 39.4 Å². The summed E-state index contributed by atoms with van der Waals surface area (Å²) in [7, 11) is 0. The van der Waals surface area contributed by atoms with Crippen molar-refractivity contribution in [3.05, 3.63) is 47.8 Å². The van der Waals surface area contributed by atoms with Crippen LogP contribution in [0.2, 0.25) is 0 Å². The molecular formula is C18H24N2O3. The van der Waals surface area contributed by atoms with Gasteiger partial charge in [-0.25, -0.2) is 0 Å². The number of aryl methyl sites for hydroxylation is 1. The van der Waals surface area contributed by atoms with Gasteiger partial charge in [0.15, 0.2) is 5.76 Å². The van der Waals surface area contributed by atoms with Gasteiger partial charge in [0.1, 0.15) is 11.5 Å². The minimum absolute atomic E-state index is 0.134. The summed E-state index contributed by atoms with van der Waals surface area (Å²) in [4.78, 5) is 14.3. The highest BCUT2D eigenvalue weighted by Gasteiger charge is 2.21. The van der Waals surface area contributed by atoms with Crippen molar-refractivity contribution in [3.8, 4) is 0 Å². The summed E-state index contributed by atoms with van der Waals surface area (Å²) < 4.78 is 10.9. The molecule has 3 rings (SSSR count). The van der Waals surface area contributed by atoms with Gasteiger partial charge in [0, 0.05) is 19.5 Å². The Kier molecular flexibility index (Phi) is 5.18. The molecule has 2 aromatic heterocycles. The third kappa shape index (κ3) is 4.26. The van der Waals surface area contributed by atoms with Crippen molar-refractivity contribution in [1.82, 2.24) is 10.2 Å². The third-order valence-electron chi connectivity index (χ3n) is 4.34. The number of amides is 1. The van der Waals surface area contributed by atoms with Gasteiger partial charge in [0.05, 0.1) is 12.8 Å². The Morgan fingerprint density at radius 3 is 2.96 bits per heavy atom. The van der Waals surface area contributed by atoms with E-state index in [1.165, 1.54) is 6.26 Å². The Morgan fingerprint density at radius 1 is 1.35 bits per heavy atom. The van der Waals surface area contributed by atoms with Crippen molar-refractivity contribution >= 4 is 5.91 Å². The van der Waals surface area contributed by atoms with Crippen LogP contribution in [0.1, 0.15) is 41.8 Å². The topological polar surface area (TPSA) is 58.6 Å². The van der Waals surface area contributed by atoms with Crippen molar-refractivity contribution in [2.75, 3.05) is 19.6 Å². The van der Waals surface area contributed by atoms with E-state index >= 15 is 0 Å². The molecule has 1 unspecified atom stereocenters. The van der Waals surface area contributed by atoms with E-state index in [1.807, 2.05) is 0 Å². The van der Waals surface area contributed by atoms with Crippen LogP contribution in [-0.2, 0) is 13.0 Å². The van der Waals surface area contributed by atoms with Gasteiger partial charge in [0.25, 0.3) is 5.91 Å². The number of carbonyl (C=O) groups is 1. The zero-order valence-electron chi connectivity index (χ0n) is 13.6. The largest absolute Gasteiger partial charge is 0.465 e. The predicted molar refractivity (Wildman–Crippen MR) is 87.1 cm³/mol. The molecule has 0 spiro atoms. The second kappa shape index (κ2) is 7.51. The second-order valence-electron chi connectivity index (χ2n) is 6.15. The lowest BCUT2D eigenvalue weighted by Gasteiger charge is -2.32. The van der Waals surface area contributed by atoms with Gasteiger partial charge in [-0.2, -0.15) is 0 Å². The summed E-state index contributed by atoms with van der Waals surface area (Å²) >= 11 is 0. The van der Waals surface area contributed by atoms with E-state index in [0.29, 0.717) is 18.2 Å². The van der Waals surface area contributed by atoms with E-state index < -0.39 is 0 Å². The van der Waals surface area contributed by atoms with Crippen LogP contribution in [0, 0.1) is 5.92 Å². The highest BCUT2D eigenvalue weighted by atomic mass is 16.3. The molecule has 0 aliphatic carbocycles. The number of likely N-dealkylation sites (tertiary alicyclic amines) is 1. The maximum Gasteiger partial charge on any atom is 0.286 e. The molecule has 3 heterocycles. The number of furan rings is 2. The van der Waals surface area contributed by atoms with E-state index in [-0.39, 0.29) is 5.91 Å². The summed E-state index contributed by atoms with van der Waals surface area (Å²) in [6, 6.07) is 7.54. The molecule has 0 aromatic carbocycles. The number of hydrogen-bond donors (Lipinski definition) is 1. The second-order valence-corrected chi connectivity index (χ2v) is 6.15. The zero-order chi connectivity index (χ0) is 16.1. The SMILES string of the molecule is CCc1ccc(CN2CCCC(CNC(=O)c3ccco3)C2)o1. The third-order valence-corrected chi connectivity index (χ3v) is 4.34. The number of carbonyl (C=O) groups excluding carboxylic acids is 1. The van der Waals surface area contributed by atoms with Crippen molar-refractivity contribution in [2.45, 2.75) is 32.7 Å². The molecule has 5 nitrogen and oxygen atoms in total. The fourth-order valence-corrected chi connectivity index (χ4v) is 3.11. The lowest BCUT2D eigenvalue weighted by Crippen LogP contribution is -2.40. The quantitative estimate of drug-likeness (QED) is 0.890. The fourth-order valence-electron chi connectivity index (χ4n) is 3.11. The molecule has 2 aromatic rings. The highest BCUT2D eigenvalue weighted by molar-refractivity contribution is 5.91. The van der Waals surface area contributed by atoms with Crippen LogP contribution in [0.5, 0.6) is 0 Å². The molecule has 1 amide bonds. The van der Waals surface area contributed by atoms with Crippen molar-refractivity contribution in [2.24, 2.45) is 5.92 Å². The average Bonchev–Trinajstić information content (AvgIpc) is 3.24. The first-order valence-corrected chi connectivity index (χ1v) is 8.36. The van der Waals surface area contributed by atoms with E-state index in [1.54, 1.807) is 12.1 Å². The molecule has 1 N–H and O–H groups in total. The van der Waals surface area contributed by atoms with Gasteiger partial charge in [-0.15, -0.1) is 0 Å². The van der Waals surface area contributed by atoms with Crippen LogP contribution in [0.25, 0.3) is 0 Å². The Bertz CT molecular complexity index is 618. The molecule has 0 bridgehead atoms. The fraction of sp³-hybridized carbons (Fsp3) is 0.500. The Hall–Kier alpha value is -2.01. The van der Waals surface area contributed by atoms with Gasteiger partial charge in [-0.3, -0.25) is 9.69 Å². The lowest BCUT2D eigenvalue weighted by molar-refractivity contribution is 0.0901. The summed E-state index contributed by atoms with van der Waals surface area (Å²) in [6.07, 6.45) is 4.75. The smallest absolute Gasteiger partial charge is 0.286 e. The summed E-state index contributed by atoms with van der Waals surface area (Å²) in [5.74, 6) is 2.79. The maximum absolute atomic E-state index is 11.9. The highest BCUT2D eigenvalue weighted by Crippen LogP contribution is 2.19. The molecule has 124 valence electrons. The minimum Gasteiger partial charge on any atom is -0.465 e. The number of nitrogens with one attached hydrogen (secondary N) is 1. The van der Waals surface area contributed by atoms with E-state index in [0.717, 1.165) is 50.4 Å². The standard InChI is InChI=1S/C18H24N2O3/c1-2-15-7-8-16(23-15)13-20-9-3-5-14(12-20)11-19-18(21)17-6-4-10-22-17/h4,6-8,10,14H,2-3,5,9,11-13H2,1H3,(H,19,21). The monoisotopic (exact) mass is 316 g/mol. The molecule has 5 heteroatoms. The minimum atomic E-state index is -0.134. The Balaban J connectivity index is 1.47. The normalized spacial score (nSPS) is 18.9. The number of nitrogens with zero attached hydrogens (tertiary/aromatic N) is 1. The first-order valence-electron chi connectivity index (χ1n) is 8.36. The summed E-state index contributed by atoms with van der Waals surface area (Å²) in [5.41, 5.74) is 0. The van der Waals surface area contributed by atoms with Crippen molar-refractivity contribution < 1.29 is 13.6 Å². The van der Waals surface area contributed by atoms with Gasteiger partial charge in [-0.1, -0.05) is 6.92 Å². The number of rotatable bonds is 6. The Morgan fingerprint density at radius 2 is 2.22 bits per heavy atom. The van der Waals surface area contributed by atoms with Crippen LogP contribution < -0.4 is 5.32 Å². The molecule has 1 fully saturated rings. The van der Waals surface area contributed by atoms with Crippen LogP contribution in [-0.4, -0.2) is 30.4 Å². The first-order chi connectivity index (χ1) is 11.2. The predicted octanol–water partition coefficient (Wildman–Crippen LogP) is 3.08. The lowest BCUT2D eigenvalue weighted by atomic mass is 9.98. The first kappa shape index (κ1) is 15.9. The van der Waals surface area contributed by atoms with Crippen molar-refractivity contribution in [1.29, 1.82) is 0 Å². The number of hydrogen-bond acceptors (Lipinski definition) is 4. The summed E-state index contributed by atoms with van der Waals surface area (Å²) in [6.45, 7) is 5.71. The maximum atomic E-state index is 11.9. The molecule has 23 heavy (non-hydrogen) atoms. The molecule has 1 saturated heterocycles. The Labute approximate surface area is 136 Å². The van der Waals surface area contributed by atoms with E-state index in [4.69, 9.17) is 8.83 Å². The molecule has 0 saturated carbocycles. The molecule has 1 aliphatic heterocycles. The van der Waals surface area contributed by atoms with Crippen molar-refractivity contribution in [3.63, 3.8) is 0 Å². The van der Waals surface area contributed by atoms with Gasteiger partial charge >= 0.3 is 0 Å². The van der Waals surface area contributed by atoms with Crippen LogP contribution >= 0.6 is 0 Å². The molecular weight excluding hydrogens is 292 g/mol. The molecule has 1 atom stereocenters. The zero-order valence-corrected chi connectivity index (χ0v) is 13.6. The number of piperidine rings is 1.